The van der Waals surface area contributed by atoms with Crippen LogP contribution in [0.4, 0.5) is 0 Å². The first kappa shape index (κ1) is 15.0. The van der Waals surface area contributed by atoms with Crippen molar-refractivity contribution in [2.75, 3.05) is 14.2 Å². The van der Waals surface area contributed by atoms with Crippen LogP contribution in [-0.4, -0.2) is 18.9 Å². The normalized spacial score (nSPS) is 10.5. The van der Waals surface area contributed by atoms with Crippen molar-refractivity contribution >= 4 is 0 Å². The number of nitrogens with zero attached hydrogens (tertiary/aromatic N) is 2. The minimum atomic E-state index is 0.488. The van der Waals surface area contributed by atoms with E-state index in [9.17, 15) is 5.21 Å². The van der Waals surface area contributed by atoms with E-state index in [0.29, 0.717) is 6.54 Å². The van der Waals surface area contributed by atoms with Crippen molar-refractivity contribution in [3.63, 3.8) is 0 Å². The standard InChI is InChI=1S/C18H18N2O3/c1-22-16-7-3-14(4-8-16)13-19-18(11-12-20(19)21)15-5-9-17(23-2)10-6-15/h3-12H,13H2,1-2H3. The van der Waals surface area contributed by atoms with E-state index >= 15 is 0 Å². The SMILES string of the molecule is COc1ccc(Cn2c(-c3ccc(OC)cc3)cc[n+]2[O-])cc1. The first-order valence-corrected chi connectivity index (χ1v) is 7.27. The molecule has 0 radical (unpaired) electrons. The maximum absolute atomic E-state index is 12.1. The molecule has 0 unspecified atom stereocenters. The van der Waals surface area contributed by atoms with E-state index in [0.717, 1.165) is 33.2 Å². The molecule has 3 rings (SSSR count). The smallest absolute Gasteiger partial charge is 0.209 e. The summed E-state index contributed by atoms with van der Waals surface area (Å²) in [5.74, 6) is 1.59. The Morgan fingerprint density at radius 1 is 0.870 bits per heavy atom. The number of hydrogen-bond donors (Lipinski definition) is 0. The summed E-state index contributed by atoms with van der Waals surface area (Å²) in [5.41, 5.74) is 2.86. The minimum absolute atomic E-state index is 0.488. The summed E-state index contributed by atoms with van der Waals surface area (Å²) in [6.45, 7) is 0.488. The van der Waals surface area contributed by atoms with Crippen LogP contribution in [-0.2, 0) is 6.54 Å². The average molecular weight is 310 g/mol. The van der Waals surface area contributed by atoms with Crippen LogP contribution in [0.15, 0.2) is 60.8 Å². The van der Waals surface area contributed by atoms with Gasteiger partial charge in [-0.15, -0.1) is 4.68 Å². The van der Waals surface area contributed by atoms with Gasteiger partial charge in [-0.1, -0.05) is 17.0 Å². The van der Waals surface area contributed by atoms with Crippen LogP contribution in [0.5, 0.6) is 11.5 Å². The highest BCUT2D eigenvalue weighted by Crippen LogP contribution is 2.22. The minimum Gasteiger partial charge on any atom is -0.596 e. The Kier molecular flexibility index (Phi) is 4.19. The number of benzene rings is 2. The molecule has 0 atom stereocenters. The highest BCUT2D eigenvalue weighted by molar-refractivity contribution is 5.59. The molecule has 2 aromatic carbocycles. The van der Waals surface area contributed by atoms with Gasteiger partial charge in [0.05, 0.1) is 14.2 Å². The molecule has 3 aromatic rings. The molecule has 1 aromatic heterocycles. The topological polar surface area (TPSA) is 50.3 Å². The predicted molar refractivity (Wildman–Crippen MR) is 87.5 cm³/mol. The van der Waals surface area contributed by atoms with Gasteiger partial charge in [-0.3, -0.25) is 0 Å². The summed E-state index contributed by atoms with van der Waals surface area (Å²) in [4.78, 5) is 0.851. The van der Waals surface area contributed by atoms with Crippen LogP contribution in [0.1, 0.15) is 5.56 Å². The van der Waals surface area contributed by atoms with E-state index in [4.69, 9.17) is 9.47 Å². The lowest BCUT2D eigenvalue weighted by Gasteiger charge is -2.09. The van der Waals surface area contributed by atoms with Crippen LogP contribution < -0.4 is 14.3 Å². The highest BCUT2D eigenvalue weighted by Gasteiger charge is 2.13. The van der Waals surface area contributed by atoms with Crippen LogP contribution in [0.3, 0.4) is 0 Å². The lowest BCUT2D eigenvalue weighted by molar-refractivity contribution is -0.692. The third-order valence-electron chi connectivity index (χ3n) is 3.75. The number of aromatic nitrogens is 2. The maximum Gasteiger partial charge on any atom is 0.209 e. The fourth-order valence-electron chi connectivity index (χ4n) is 2.47. The van der Waals surface area contributed by atoms with E-state index in [-0.39, 0.29) is 0 Å². The quantitative estimate of drug-likeness (QED) is 0.538. The van der Waals surface area contributed by atoms with Crippen molar-refractivity contribution in [1.29, 1.82) is 0 Å². The number of rotatable bonds is 5. The van der Waals surface area contributed by atoms with E-state index < -0.39 is 0 Å². The van der Waals surface area contributed by atoms with Gasteiger partial charge in [0.1, 0.15) is 23.7 Å². The zero-order valence-corrected chi connectivity index (χ0v) is 13.1. The van der Waals surface area contributed by atoms with E-state index in [1.165, 1.54) is 6.20 Å². The molecule has 118 valence electrons. The molecule has 5 nitrogen and oxygen atoms in total. The highest BCUT2D eigenvalue weighted by atomic mass is 16.5. The lowest BCUT2D eigenvalue weighted by atomic mass is 10.1. The zero-order valence-electron chi connectivity index (χ0n) is 13.1. The second-order valence-corrected chi connectivity index (χ2v) is 5.14. The Labute approximate surface area is 134 Å². The van der Waals surface area contributed by atoms with Gasteiger partial charge in [-0.25, -0.2) is 0 Å². The molecular formula is C18H18N2O3. The lowest BCUT2D eigenvalue weighted by Crippen LogP contribution is -2.37. The van der Waals surface area contributed by atoms with Gasteiger partial charge in [0.25, 0.3) is 0 Å². The van der Waals surface area contributed by atoms with Crippen molar-refractivity contribution in [2.45, 2.75) is 6.54 Å². The average Bonchev–Trinajstić information content (AvgIpc) is 2.96. The molecule has 0 aliphatic carbocycles. The number of methoxy groups -OCH3 is 2. The van der Waals surface area contributed by atoms with Gasteiger partial charge in [-0.2, -0.15) is 0 Å². The summed E-state index contributed by atoms with van der Waals surface area (Å²) >= 11 is 0. The Hall–Kier alpha value is -2.95. The molecular weight excluding hydrogens is 292 g/mol. The summed E-state index contributed by atoms with van der Waals surface area (Å²) in [5, 5.41) is 12.1. The summed E-state index contributed by atoms with van der Waals surface area (Å²) in [7, 11) is 3.27. The Balaban J connectivity index is 1.91. The van der Waals surface area contributed by atoms with Gasteiger partial charge < -0.3 is 14.7 Å². The van der Waals surface area contributed by atoms with Crippen LogP contribution in [0, 0.1) is 5.21 Å². The molecule has 5 heteroatoms. The Morgan fingerprint density at radius 3 is 2.00 bits per heavy atom. The Morgan fingerprint density at radius 2 is 1.43 bits per heavy atom. The molecule has 0 spiro atoms. The summed E-state index contributed by atoms with van der Waals surface area (Å²) in [6, 6.07) is 17.2. The number of hydrogen-bond acceptors (Lipinski definition) is 3. The molecule has 0 aliphatic heterocycles. The second kappa shape index (κ2) is 6.44. The Bertz CT molecular complexity index is 777. The second-order valence-electron chi connectivity index (χ2n) is 5.14. The van der Waals surface area contributed by atoms with Crippen LogP contribution >= 0.6 is 0 Å². The van der Waals surface area contributed by atoms with Gasteiger partial charge in [0.2, 0.25) is 6.20 Å². The monoisotopic (exact) mass is 310 g/mol. The largest absolute Gasteiger partial charge is 0.596 e. The van der Waals surface area contributed by atoms with Gasteiger partial charge in [0, 0.05) is 11.6 Å². The van der Waals surface area contributed by atoms with Crippen LogP contribution in [0.25, 0.3) is 11.3 Å². The summed E-state index contributed by atoms with van der Waals surface area (Å²) in [6.07, 6.45) is 1.52. The van der Waals surface area contributed by atoms with Crippen molar-refractivity contribution in [2.24, 2.45) is 0 Å². The molecule has 0 amide bonds. The van der Waals surface area contributed by atoms with Crippen molar-refractivity contribution in [1.82, 2.24) is 4.68 Å². The van der Waals surface area contributed by atoms with Crippen molar-refractivity contribution < 1.29 is 14.3 Å². The maximum atomic E-state index is 12.1. The van der Waals surface area contributed by atoms with Gasteiger partial charge >= 0.3 is 0 Å². The van der Waals surface area contributed by atoms with Crippen molar-refractivity contribution in [3.8, 4) is 22.8 Å². The molecule has 23 heavy (non-hydrogen) atoms. The fraction of sp³-hybridized carbons (Fsp3) is 0.167. The molecule has 0 bridgehead atoms. The van der Waals surface area contributed by atoms with Gasteiger partial charge in [-0.05, 0) is 42.0 Å². The molecule has 0 saturated carbocycles. The molecule has 0 N–H and O–H groups in total. The van der Waals surface area contributed by atoms with E-state index in [2.05, 4.69) is 0 Å². The van der Waals surface area contributed by atoms with E-state index in [1.54, 1.807) is 18.9 Å². The molecule has 0 fully saturated rings. The summed E-state index contributed by atoms with van der Waals surface area (Å²) < 4.78 is 12.0. The third kappa shape index (κ3) is 3.13. The van der Waals surface area contributed by atoms with Crippen molar-refractivity contribution in [3.05, 3.63) is 71.6 Å². The molecule has 0 aliphatic rings. The first-order chi connectivity index (χ1) is 11.2. The molecule has 0 saturated heterocycles. The fourth-order valence-corrected chi connectivity index (χ4v) is 2.47. The first-order valence-electron chi connectivity index (χ1n) is 7.27. The van der Waals surface area contributed by atoms with Crippen LogP contribution in [0.2, 0.25) is 0 Å². The zero-order chi connectivity index (χ0) is 16.2. The predicted octanol–water partition coefficient (Wildman–Crippen LogP) is 2.85. The molecule has 1 heterocycles. The third-order valence-corrected chi connectivity index (χ3v) is 3.75. The number of ether oxygens (including phenoxy) is 2. The van der Waals surface area contributed by atoms with E-state index in [1.807, 2.05) is 54.6 Å². The van der Waals surface area contributed by atoms with Gasteiger partial charge in [0.15, 0.2) is 0 Å².